The number of nitrogens with one attached hydrogen (secondary N) is 1. The van der Waals surface area contributed by atoms with Gasteiger partial charge in [-0.2, -0.15) is 0 Å². The Kier molecular flexibility index (Phi) is 9.09. The van der Waals surface area contributed by atoms with Crippen molar-refractivity contribution in [3.05, 3.63) is 0 Å². The van der Waals surface area contributed by atoms with Gasteiger partial charge in [-0.1, -0.05) is 13.8 Å². The number of carbonyl (C=O) groups is 1. The van der Waals surface area contributed by atoms with Crippen molar-refractivity contribution in [2.75, 3.05) is 40.3 Å². The molecule has 0 saturated heterocycles. The van der Waals surface area contributed by atoms with E-state index in [0.29, 0.717) is 18.9 Å². The van der Waals surface area contributed by atoms with E-state index in [9.17, 15) is 4.79 Å². The molecule has 0 rings (SSSR count). The average molecular weight is 300 g/mol. The molecule has 0 aliphatic carbocycles. The molecule has 1 amide bonds. The number of likely N-dealkylation sites (N-methyl/N-ethyl adjacent to an activating group) is 1. The minimum atomic E-state index is -0.192. The van der Waals surface area contributed by atoms with Crippen LogP contribution in [0.1, 0.15) is 41.0 Å². The highest BCUT2D eigenvalue weighted by Crippen LogP contribution is 2.09. The number of carbonyl (C=O) groups excluding carboxylic acids is 1. The molecule has 1 atom stereocenters. The van der Waals surface area contributed by atoms with Gasteiger partial charge in [-0.25, -0.2) is 0 Å². The fourth-order valence-electron chi connectivity index (χ4n) is 2.27. The van der Waals surface area contributed by atoms with Crippen LogP contribution in [0.25, 0.3) is 0 Å². The first-order valence-corrected chi connectivity index (χ1v) is 7.95. The molecule has 0 aliphatic rings. The van der Waals surface area contributed by atoms with Crippen LogP contribution in [0, 0.1) is 5.92 Å². The van der Waals surface area contributed by atoms with Crippen LogP contribution in [0.3, 0.4) is 0 Å². The van der Waals surface area contributed by atoms with E-state index in [1.54, 1.807) is 0 Å². The van der Waals surface area contributed by atoms with E-state index in [-0.39, 0.29) is 17.5 Å². The molecular formula is C16H36N4O. The molecule has 0 bridgehead atoms. The van der Waals surface area contributed by atoms with E-state index >= 15 is 0 Å². The number of hydrogen-bond acceptors (Lipinski definition) is 4. The number of nitrogens with two attached hydrogens (primary N) is 1. The Morgan fingerprint density at radius 1 is 1.19 bits per heavy atom. The highest BCUT2D eigenvalue weighted by molar-refractivity contribution is 5.77. The molecule has 5 heteroatoms. The first kappa shape index (κ1) is 20.3. The molecule has 0 saturated carbocycles. The molecular weight excluding hydrogens is 264 g/mol. The Morgan fingerprint density at radius 2 is 1.76 bits per heavy atom. The zero-order valence-electron chi connectivity index (χ0n) is 15.1. The Labute approximate surface area is 131 Å². The Hall–Kier alpha value is -0.650. The van der Waals surface area contributed by atoms with Gasteiger partial charge >= 0.3 is 0 Å². The minimum Gasteiger partial charge on any atom is -0.351 e. The summed E-state index contributed by atoms with van der Waals surface area (Å²) in [7, 11) is 4.13. The van der Waals surface area contributed by atoms with E-state index < -0.39 is 0 Å². The first-order chi connectivity index (χ1) is 9.55. The molecule has 0 spiro atoms. The van der Waals surface area contributed by atoms with Gasteiger partial charge < -0.3 is 16.0 Å². The van der Waals surface area contributed by atoms with Crippen LogP contribution in [-0.4, -0.2) is 67.6 Å². The van der Waals surface area contributed by atoms with Crippen molar-refractivity contribution in [1.29, 1.82) is 0 Å². The van der Waals surface area contributed by atoms with E-state index in [1.807, 2.05) is 20.8 Å². The average Bonchev–Trinajstić information content (AvgIpc) is 2.28. The van der Waals surface area contributed by atoms with Crippen molar-refractivity contribution in [2.45, 2.75) is 52.6 Å². The van der Waals surface area contributed by atoms with E-state index in [4.69, 9.17) is 5.73 Å². The lowest BCUT2D eigenvalue weighted by atomic mass is 10.1. The third-order valence-corrected chi connectivity index (χ3v) is 3.16. The lowest BCUT2D eigenvalue weighted by Gasteiger charge is -2.33. The second kappa shape index (κ2) is 9.38. The predicted octanol–water partition coefficient (Wildman–Crippen LogP) is 1.14. The highest BCUT2D eigenvalue weighted by atomic mass is 16.1. The van der Waals surface area contributed by atoms with Crippen molar-refractivity contribution >= 4 is 5.91 Å². The lowest BCUT2D eigenvalue weighted by Crippen LogP contribution is -2.49. The van der Waals surface area contributed by atoms with Gasteiger partial charge in [0.1, 0.15) is 0 Å². The van der Waals surface area contributed by atoms with Gasteiger partial charge in [-0.05, 0) is 40.8 Å². The maximum atomic E-state index is 12.2. The summed E-state index contributed by atoms with van der Waals surface area (Å²) < 4.78 is 0. The molecule has 0 aromatic rings. The van der Waals surface area contributed by atoms with Gasteiger partial charge in [0.15, 0.2) is 0 Å². The van der Waals surface area contributed by atoms with Crippen LogP contribution >= 0.6 is 0 Å². The second-order valence-electron chi connectivity index (χ2n) is 7.58. The molecule has 5 nitrogen and oxygen atoms in total. The maximum Gasteiger partial charge on any atom is 0.222 e. The van der Waals surface area contributed by atoms with Crippen LogP contribution in [0.4, 0.5) is 0 Å². The molecule has 126 valence electrons. The van der Waals surface area contributed by atoms with Gasteiger partial charge in [-0.3, -0.25) is 9.69 Å². The maximum absolute atomic E-state index is 12.2. The topological polar surface area (TPSA) is 61.6 Å². The first-order valence-electron chi connectivity index (χ1n) is 7.95. The van der Waals surface area contributed by atoms with Crippen molar-refractivity contribution in [3.63, 3.8) is 0 Å². The number of rotatable bonds is 9. The summed E-state index contributed by atoms with van der Waals surface area (Å²) in [6, 6.07) is 0.106. The van der Waals surface area contributed by atoms with Gasteiger partial charge in [0.2, 0.25) is 5.91 Å². The van der Waals surface area contributed by atoms with Gasteiger partial charge in [0.05, 0.1) is 0 Å². The number of amides is 1. The monoisotopic (exact) mass is 300 g/mol. The normalized spacial score (nSPS) is 14.0. The van der Waals surface area contributed by atoms with E-state index in [2.05, 4.69) is 43.1 Å². The minimum absolute atomic E-state index is 0.0801. The molecule has 3 N–H and O–H groups in total. The molecule has 0 aromatic heterocycles. The summed E-state index contributed by atoms with van der Waals surface area (Å²) in [5.74, 6) is 0.642. The lowest BCUT2D eigenvalue weighted by molar-refractivity contribution is -0.123. The van der Waals surface area contributed by atoms with Crippen molar-refractivity contribution in [2.24, 2.45) is 11.7 Å². The van der Waals surface area contributed by atoms with Crippen LogP contribution < -0.4 is 11.1 Å². The van der Waals surface area contributed by atoms with Gasteiger partial charge in [0, 0.05) is 44.2 Å². The number of hydrogen-bond donors (Lipinski definition) is 2. The van der Waals surface area contributed by atoms with Crippen LogP contribution in [0.15, 0.2) is 0 Å². The quantitative estimate of drug-likeness (QED) is 0.670. The van der Waals surface area contributed by atoms with Crippen molar-refractivity contribution in [1.82, 2.24) is 15.1 Å². The zero-order chi connectivity index (χ0) is 16.6. The van der Waals surface area contributed by atoms with Crippen LogP contribution in [0.2, 0.25) is 0 Å². The Bertz CT molecular complexity index is 297. The largest absolute Gasteiger partial charge is 0.351 e. The molecule has 21 heavy (non-hydrogen) atoms. The molecule has 0 heterocycles. The third-order valence-electron chi connectivity index (χ3n) is 3.16. The van der Waals surface area contributed by atoms with Crippen LogP contribution in [0.5, 0.6) is 0 Å². The summed E-state index contributed by atoms with van der Waals surface area (Å²) in [4.78, 5) is 16.7. The zero-order valence-corrected chi connectivity index (χ0v) is 15.1. The summed E-state index contributed by atoms with van der Waals surface area (Å²) >= 11 is 0. The van der Waals surface area contributed by atoms with Gasteiger partial charge in [-0.15, -0.1) is 0 Å². The van der Waals surface area contributed by atoms with Crippen molar-refractivity contribution < 1.29 is 4.79 Å². The standard InChI is InChI=1S/C16H36N4O/c1-13(2)12-20(9-8-19(6)7)14(11-17)10-15(21)18-16(3,4)5/h13-14H,8-12,17H2,1-7H3,(H,18,21). The Balaban J connectivity index is 4.67. The molecule has 0 fully saturated rings. The summed E-state index contributed by atoms with van der Waals surface area (Å²) in [5.41, 5.74) is 5.74. The van der Waals surface area contributed by atoms with E-state index in [1.165, 1.54) is 0 Å². The fraction of sp³-hybridized carbons (Fsp3) is 0.938. The van der Waals surface area contributed by atoms with Crippen molar-refractivity contribution in [3.8, 4) is 0 Å². The smallest absolute Gasteiger partial charge is 0.222 e. The molecule has 0 aliphatic heterocycles. The molecule has 1 unspecified atom stereocenters. The summed E-state index contributed by atoms with van der Waals surface area (Å²) in [5, 5.41) is 3.03. The van der Waals surface area contributed by atoms with E-state index in [0.717, 1.165) is 19.6 Å². The van der Waals surface area contributed by atoms with Crippen LogP contribution in [-0.2, 0) is 4.79 Å². The third kappa shape index (κ3) is 10.7. The fourth-order valence-corrected chi connectivity index (χ4v) is 2.27. The molecule has 0 radical (unpaired) electrons. The second-order valence-corrected chi connectivity index (χ2v) is 7.58. The highest BCUT2D eigenvalue weighted by Gasteiger charge is 2.23. The summed E-state index contributed by atoms with van der Waals surface area (Å²) in [6.07, 6.45) is 0.466. The van der Waals surface area contributed by atoms with Gasteiger partial charge in [0.25, 0.3) is 0 Å². The summed E-state index contributed by atoms with van der Waals surface area (Å²) in [6.45, 7) is 13.8. The predicted molar refractivity (Wildman–Crippen MR) is 90.3 cm³/mol. The SMILES string of the molecule is CC(C)CN(CCN(C)C)C(CN)CC(=O)NC(C)(C)C. The molecule has 0 aromatic carbocycles. The Morgan fingerprint density at radius 3 is 2.14 bits per heavy atom. The number of nitrogens with zero attached hydrogens (tertiary/aromatic N) is 2.